The third kappa shape index (κ3) is 3.43. The second-order valence-electron chi connectivity index (χ2n) is 5.93. The second-order valence-corrected chi connectivity index (χ2v) is 5.93. The van der Waals surface area contributed by atoms with Gasteiger partial charge in [-0.2, -0.15) is 0 Å². The number of carbonyl (C=O) groups is 1. The van der Waals surface area contributed by atoms with Gasteiger partial charge in [0.25, 0.3) is 11.6 Å². The zero-order chi connectivity index (χ0) is 18.8. The number of non-ortho nitro benzene ring substituents is 1. The Balaban J connectivity index is 1.61. The van der Waals surface area contributed by atoms with Crippen LogP contribution in [0.5, 0.6) is 17.2 Å². The van der Waals surface area contributed by atoms with Crippen LogP contribution in [0.3, 0.4) is 0 Å². The lowest BCUT2D eigenvalue weighted by atomic mass is 10.1. The maximum Gasteiger partial charge on any atom is 0.270 e. The van der Waals surface area contributed by atoms with Crippen LogP contribution in [0.15, 0.2) is 66.7 Å². The Labute approximate surface area is 154 Å². The number of fused-ring (bicyclic) bond motifs is 2. The number of nitro benzene ring substituents is 1. The van der Waals surface area contributed by atoms with Crippen molar-refractivity contribution in [1.82, 2.24) is 0 Å². The molecule has 0 spiro atoms. The Bertz CT molecular complexity index is 1030. The number of amides is 1. The Kier molecular flexibility index (Phi) is 4.18. The zero-order valence-corrected chi connectivity index (χ0v) is 14.0. The smallest absolute Gasteiger partial charge is 0.270 e. The minimum Gasteiger partial charge on any atom is -0.489 e. The molecule has 0 atom stereocenters. The third-order valence-electron chi connectivity index (χ3n) is 4.09. The lowest BCUT2D eigenvalue weighted by Crippen LogP contribution is -2.10. The molecule has 27 heavy (non-hydrogen) atoms. The van der Waals surface area contributed by atoms with Gasteiger partial charge in [-0.25, -0.2) is 0 Å². The number of ether oxygens (including phenoxy) is 2. The van der Waals surface area contributed by atoms with Crippen LogP contribution in [-0.4, -0.2) is 10.8 Å². The lowest BCUT2D eigenvalue weighted by Gasteiger charge is -2.11. The highest BCUT2D eigenvalue weighted by molar-refractivity contribution is 6.08. The van der Waals surface area contributed by atoms with Crippen LogP contribution in [-0.2, 0) is 6.61 Å². The summed E-state index contributed by atoms with van der Waals surface area (Å²) in [5.41, 5.74) is 1.42. The number of nitrogens with zero attached hydrogens (tertiary/aromatic N) is 1. The average Bonchev–Trinajstić information content (AvgIpc) is 2.82. The van der Waals surface area contributed by atoms with Gasteiger partial charge in [-0.1, -0.05) is 30.3 Å². The van der Waals surface area contributed by atoms with E-state index in [2.05, 4.69) is 5.32 Å². The van der Waals surface area contributed by atoms with E-state index in [4.69, 9.17) is 9.47 Å². The maximum atomic E-state index is 12.4. The van der Waals surface area contributed by atoms with E-state index in [1.807, 2.05) is 30.3 Å². The van der Waals surface area contributed by atoms with Gasteiger partial charge in [0.1, 0.15) is 18.1 Å². The number of rotatable bonds is 4. The normalized spacial score (nSPS) is 12.1. The van der Waals surface area contributed by atoms with E-state index in [9.17, 15) is 14.9 Å². The Morgan fingerprint density at radius 1 is 1.00 bits per heavy atom. The van der Waals surface area contributed by atoms with Crippen LogP contribution in [0.1, 0.15) is 15.9 Å². The molecule has 3 aromatic carbocycles. The molecule has 134 valence electrons. The number of hydrogen-bond donors (Lipinski definition) is 1. The number of carbonyl (C=O) groups excluding carboxylic acids is 1. The van der Waals surface area contributed by atoms with E-state index >= 15 is 0 Å². The molecule has 0 aliphatic carbocycles. The molecule has 0 radical (unpaired) electrons. The molecule has 1 N–H and O–H groups in total. The number of benzene rings is 3. The molecular weight excluding hydrogens is 348 g/mol. The fourth-order valence-corrected chi connectivity index (χ4v) is 2.73. The van der Waals surface area contributed by atoms with Crippen LogP contribution in [0.2, 0.25) is 0 Å². The van der Waals surface area contributed by atoms with E-state index in [1.54, 1.807) is 18.2 Å². The van der Waals surface area contributed by atoms with E-state index < -0.39 is 10.8 Å². The predicted molar refractivity (Wildman–Crippen MR) is 98.3 cm³/mol. The van der Waals surface area contributed by atoms with Crippen LogP contribution < -0.4 is 14.8 Å². The van der Waals surface area contributed by atoms with Crippen molar-refractivity contribution >= 4 is 17.3 Å². The summed E-state index contributed by atoms with van der Waals surface area (Å²) in [5, 5.41) is 13.7. The quantitative estimate of drug-likeness (QED) is 0.544. The highest BCUT2D eigenvalue weighted by atomic mass is 16.6. The Morgan fingerprint density at radius 3 is 2.59 bits per heavy atom. The molecule has 0 aromatic heterocycles. The summed E-state index contributed by atoms with van der Waals surface area (Å²) < 4.78 is 11.6. The van der Waals surface area contributed by atoms with Gasteiger partial charge in [-0.15, -0.1) is 0 Å². The summed E-state index contributed by atoms with van der Waals surface area (Å²) in [6.45, 7) is 0.398. The van der Waals surface area contributed by atoms with Crippen molar-refractivity contribution in [2.24, 2.45) is 0 Å². The minimum absolute atomic E-state index is 0.104. The molecule has 0 saturated carbocycles. The summed E-state index contributed by atoms with van der Waals surface area (Å²) in [4.78, 5) is 22.8. The van der Waals surface area contributed by atoms with Gasteiger partial charge in [0, 0.05) is 18.2 Å². The Hall–Kier alpha value is -3.87. The SMILES string of the molecule is O=C1Nc2ccc(OCc3ccccc3)cc2Oc2ccc([N+](=O)[O-])cc21. The van der Waals surface area contributed by atoms with Gasteiger partial charge >= 0.3 is 0 Å². The second kappa shape index (κ2) is 6.80. The van der Waals surface area contributed by atoms with Crippen molar-refractivity contribution in [3.63, 3.8) is 0 Å². The fraction of sp³-hybridized carbons (Fsp3) is 0.0500. The first-order chi connectivity index (χ1) is 13.1. The number of nitro groups is 1. The first-order valence-electron chi connectivity index (χ1n) is 8.18. The van der Waals surface area contributed by atoms with Gasteiger partial charge in [-0.05, 0) is 23.8 Å². The highest BCUT2D eigenvalue weighted by Gasteiger charge is 2.23. The summed E-state index contributed by atoms with van der Waals surface area (Å²) in [5.74, 6) is 0.765. The first kappa shape index (κ1) is 16.6. The number of nitrogens with one attached hydrogen (secondary N) is 1. The van der Waals surface area contributed by atoms with Gasteiger partial charge in [0.15, 0.2) is 5.75 Å². The first-order valence-corrected chi connectivity index (χ1v) is 8.18. The maximum absolute atomic E-state index is 12.4. The fourth-order valence-electron chi connectivity index (χ4n) is 2.73. The van der Waals surface area contributed by atoms with Gasteiger partial charge < -0.3 is 14.8 Å². The van der Waals surface area contributed by atoms with Crippen molar-refractivity contribution in [2.75, 3.05) is 5.32 Å². The molecule has 1 aliphatic rings. The van der Waals surface area contributed by atoms with Gasteiger partial charge in [-0.3, -0.25) is 14.9 Å². The van der Waals surface area contributed by atoms with Crippen molar-refractivity contribution < 1.29 is 19.2 Å². The molecule has 1 heterocycles. The molecule has 1 amide bonds. The summed E-state index contributed by atoms with van der Waals surface area (Å²) in [6.07, 6.45) is 0. The monoisotopic (exact) mass is 362 g/mol. The van der Waals surface area contributed by atoms with Crippen molar-refractivity contribution in [1.29, 1.82) is 0 Å². The molecule has 1 aliphatic heterocycles. The van der Waals surface area contributed by atoms with Crippen LogP contribution in [0.4, 0.5) is 11.4 Å². The van der Waals surface area contributed by atoms with E-state index in [0.717, 1.165) is 5.56 Å². The molecule has 0 fully saturated rings. The molecule has 4 rings (SSSR count). The third-order valence-corrected chi connectivity index (χ3v) is 4.09. The topological polar surface area (TPSA) is 90.7 Å². The lowest BCUT2D eigenvalue weighted by molar-refractivity contribution is -0.384. The van der Waals surface area contributed by atoms with Crippen LogP contribution in [0.25, 0.3) is 0 Å². The van der Waals surface area contributed by atoms with E-state index in [0.29, 0.717) is 23.8 Å². The van der Waals surface area contributed by atoms with Gasteiger partial charge in [0.05, 0.1) is 16.2 Å². The average molecular weight is 362 g/mol. The number of hydrogen-bond acceptors (Lipinski definition) is 5. The van der Waals surface area contributed by atoms with Crippen molar-refractivity contribution in [2.45, 2.75) is 6.61 Å². The van der Waals surface area contributed by atoms with Crippen LogP contribution >= 0.6 is 0 Å². The predicted octanol–water partition coefficient (Wildman–Crippen LogP) is 4.53. The largest absolute Gasteiger partial charge is 0.489 e. The molecule has 7 nitrogen and oxygen atoms in total. The summed E-state index contributed by atoms with van der Waals surface area (Å²) in [7, 11) is 0. The van der Waals surface area contributed by atoms with E-state index in [1.165, 1.54) is 18.2 Å². The molecule has 0 saturated heterocycles. The molecular formula is C20H14N2O5. The molecule has 0 bridgehead atoms. The minimum atomic E-state index is -0.554. The summed E-state index contributed by atoms with van der Waals surface area (Å²) >= 11 is 0. The van der Waals surface area contributed by atoms with Crippen molar-refractivity contribution in [3.05, 3.63) is 88.0 Å². The standard InChI is InChI=1S/C20H14N2O5/c23-20-16-10-14(22(24)25)6-9-18(16)27-19-11-15(7-8-17(19)21-20)26-12-13-4-2-1-3-5-13/h1-11H,12H2,(H,21,23). The number of anilines is 1. The Morgan fingerprint density at radius 2 is 1.81 bits per heavy atom. The molecule has 3 aromatic rings. The van der Waals surface area contributed by atoms with Crippen LogP contribution in [0, 0.1) is 10.1 Å². The summed E-state index contributed by atoms with van der Waals surface area (Å²) in [6, 6.07) is 18.7. The zero-order valence-electron chi connectivity index (χ0n) is 14.0. The van der Waals surface area contributed by atoms with Crippen molar-refractivity contribution in [3.8, 4) is 17.2 Å². The van der Waals surface area contributed by atoms with E-state index in [-0.39, 0.29) is 17.0 Å². The highest BCUT2D eigenvalue weighted by Crippen LogP contribution is 2.39. The van der Waals surface area contributed by atoms with Gasteiger partial charge in [0.2, 0.25) is 0 Å². The molecule has 0 unspecified atom stereocenters. The molecule has 7 heteroatoms.